The molecule has 0 aliphatic heterocycles. The van der Waals surface area contributed by atoms with Crippen molar-refractivity contribution < 1.29 is 9.59 Å². The Labute approximate surface area is 178 Å². The second-order valence-electron chi connectivity index (χ2n) is 7.62. The van der Waals surface area contributed by atoms with Crippen LogP contribution >= 0.6 is 0 Å². The number of carbonyl (C=O) groups is 2. The number of hydrogen-bond acceptors (Lipinski definition) is 3. The van der Waals surface area contributed by atoms with Crippen molar-refractivity contribution in [1.29, 1.82) is 0 Å². The average molecular weight is 404 g/mol. The lowest BCUT2D eigenvalue weighted by Crippen LogP contribution is -2.27. The van der Waals surface area contributed by atoms with E-state index in [1.807, 2.05) is 73.1 Å². The predicted octanol–water partition coefficient (Wildman–Crippen LogP) is 4.67. The van der Waals surface area contributed by atoms with E-state index in [9.17, 15) is 9.59 Å². The summed E-state index contributed by atoms with van der Waals surface area (Å²) in [6.07, 6.45) is 1.36. The van der Waals surface area contributed by atoms with Crippen LogP contribution in [0.4, 0.5) is 0 Å². The molecule has 30 heavy (non-hydrogen) atoms. The number of Topliss-reactive ketones (excluding diaryl/α,β-unsaturated/α-hetero) is 1. The van der Waals surface area contributed by atoms with E-state index in [0.717, 1.165) is 29.1 Å². The Morgan fingerprint density at radius 1 is 0.967 bits per heavy atom. The van der Waals surface area contributed by atoms with Gasteiger partial charge in [-0.1, -0.05) is 49.4 Å². The fourth-order valence-electron chi connectivity index (χ4n) is 3.53. The predicted molar refractivity (Wildman–Crippen MR) is 119 cm³/mol. The van der Waals surface area contributed by atoms with Gasteiger partial charge in [0, 0.05) is 43.3 Å². The largest absolute Gasteiger partial charge is 0.341 e. The molecular formula is C25H29N3O2. The van der Waals surface area contributed by atoms with Crippen LogP contribution in [0, 0.1) is 13.8 Å². The number of aromatic nitrogens is 2. The first-order valence-corrected chi connectivity index (χ1v) is 10.4. The molecule has 0 unspecified atom stereocenters. The lowest BCUT2D eigenvalue weighted by molar-refractivity contribution is -0.130. The number of nitrogens with zero attached hydrogens (tertiary/aromatic N) is 3. The summed E-state index contributed by atoms with van der Waals surface area (Å²) >= 11 is 0. The van der Waals surface area contributed by atoms with Gasteiger partial charge in [-0.25, -0.2) is 4.68 Å². The van der Waals surface area contributed by atoms with Gasteiger partial charge in [-0.3, -0.25) is 9.59 Å². The van der Waals surface area contributed by atoms with E-state index in [4.69, 9.17) is 0 Å². The van der Waals surface area contributed by atoms with Gasteiger partial charge in [0.05, 0.1) is 11.4 Å². The summed E-state index contributed by atoms with van der Waals surface area (Å²) in [6, 6.07) is 17.6. The van der Waals surface area contributed by atoms with Crippen molar-refractivity contribution in [2.45, 2.75) is 46.6 Å². The number of aryl methyl sites for hydroxylation is 2. The molecule has 1 aromatic heterocycles. The summed E-state index contributed by atoms with van der Waals surface area (Å²) in [5, 5.41) is 4.65. The lowest BCUT2D eigenvalue weighted by Gasteiger charge is -2.17. The summed E-state index contributed by atoms with van der Waals surface area (Å²) in [7, 11) is 1.78. The minimum absolute atomic E-state index is 0.00339. The maximum Gasteiger partial charge on any atom is 0.223 e. The Morgan fingerprint density at radius 3 is 2.27 bits per heavy atom. The van der Waals surface area contributed by atoms with Crippen molar-refractivity contribution in [2.75, 3.05) is 7.05 Å². The van der Waals surface area contributed by atoms with Crippen LogP contribution in [0.2, 0.25) is 0 Å². The Morgan fingerprint density at radius 2 is 1.63 bits per heavy atom. The molecule has 0 N–H and O–H groups in total. The van der Waals surface area contributed by atoms with Gasteiger partial charge in [0.25, 0.3) is 0 Å². The fourth-order valence-corrected chi connectivity index (χ4v) is 3.53. The second kappa shape index (κ2) is 9.53. The lowest BCUT2D eigenvalue weighted by atomic mass is 10.0. The standard InChI is InChI=1S/C25H29N3O2/c1-5-20-11-13-21(14-12-20)24(29)15-16-25(30)27(4)17-23-18(2)26-28(19(23)3)22-9-7-6-8-10-22/h6-14H,5,15-17H2,1-4H3. The highest BCUT2D eigenvalue weighted by molar-refractivity contribution is 5.97. The highest BCUT2D eigenvalue weighted by Crippen LogP contribution is 2.20. The molecule has 0 atom stereocenters. The number of hydrogen-bond donors (Lipinski definition) is 0. The molecule has 2 aromatic carbocycles. The van der Waals surface area contributed by atoms with Crippen LogP contribution in [-0.2, 0) is 17.8 Å². The Kier molecular flexibility index (Phi) is 6.83. The van der Waals surface area contributed by atoms with E-state index in [0.29, 0.717) is 12.1 Å². The average Bonchev–Trinajstić information content (AvgIpc) is 3.06. The highest BCUT2D eigenvalue weighted by Gasteiger charge is 2.18. The van der Waals surface area contributed by atoms with Crippen LogP contribution in [-0.4, -0.2) is 33.4 Å². The number of carbonyl (C=O) groups excluding carboxylic acids is 2. The highest BCUT2D eigenvalue weighted by atomic mass is 16.2. The van der Waals surface area contributed by atoms with Crippen molar-refractivity contribution in [3.05, 3.63) is 82.7 Å². The summed E-state index contributed by atoms with van der Waals surface area (Å²) < 4.78 is 1.91. The van der Waals surface area contributed by atoms with Crippen molar-refractivity contribution in [3.8, 4) is 5.69 Å². The molecule has 1 heterocycles. The van der Waals surface area contributed by atoms with E-state index in [2.05, 4.69) is 12.0 Å². The molecule has 5 heteroatoms. The molecule has 0 saturated carbocycles. The van der Waals surface area contributed by atoms with Crippen molar-refractivity contribution >= 4 is 11.7 Å². The van der Waals surface area contributed by atoms with Crippen LogP contribution in [0.1, 0.15) is 52.6 Å². The topological polar surface area (TPSA) is 55.2 Å². The molecule has 3 rings (SSSR count). The maximum atomic E-state index is 12.6. The Hall–Kier alpha value is -3.21. The van der Waals surface area contributed by atoms with Crippen LogP contribution < -0.4 is 0 Å². The second-order valence-corrected chi connectivity index (χ2v) is 7.62. The zero-order chi connectivity index (χ0) is 21.7. The first-order valence-electron chi connectivity index (χ1n) is 10.4. The Bertz CT molecular complexity index is 1020. The molecule has 3 aromatic rings. The summed E-state index contributed by atoms with van der Waals surface area (Å²) in [5.41, 5.74) is 5.82. The van der Waals surface area contributed by atoms with E-state index in [-0.39, 0.29) is 24.5 Å². The number of benzene rings is 2. The van der Waals surface area contributed by atoms with Gasteiger partial charge in [0.2, 0.25) is 5.91 Å². The van der Waals surface area contributed by atoms with Crippen LogP contribution in [0.25, 0.3) is 5.69 Å². The zero-order valence-corrected chi connectivity index (χ0v) is 18.2. The van der Waals surface area contributed by atoms with Gasteiger partial charge in [-0.05, 0) is 38.0 Å². The number of ketones is 1. The molecule has 156 valence electrons. The van der Waals surface area contributed by atoms with Gasteiger partial charge in [-0.2, -0.15) is 5.10 Å². The third-order valence-electron chi connectivity index (χ3n) is 5.51. The molecule has 0 saturated heterocycles. The van der Waals surface area contributed by atoms with Gasteiger partial charge in [-0.15, -0.1) is 0 Å². The minimum Gasteiger partial charge on any atom is -0.341 e. The molecule has 0 radical (unpaired) electrons. The first kappa shape index (κ1) is 21.5. The molecule has 0 aliphatic carbocycles. The molecule has 0 bridgehead atoms. The minimum atomic E-state index is -0.0419. The van der Waals surface area contributed by atoms with E-state index >= 15 is 0 Å². The smallest absolute Gasteiger partial charge is 0.223 e. The number of para-hydroxylation sites is 1. The van der Waals surface area contributed by atoms with Crippen LogP contribution in [0.5, 0.6) is 0 Å². The first-order chi connectivity index (χ1) is 14.4. The number of rotatable bonds is 8. The van der Waals surface area contributed by atoms with Crippen molar-refractivity contribution in [3.63, 3.8) is 0 Å². The third kappa shape index (κ3) is 4.85. The van der Waals surface area contributed by atoms with Gasteiger partial charge >= 0.3 is 0 Å². The summed E-state index contributed by atoms with van der Waals surface area (Å²) in [4.78, 5) is 26.7. The molecule has 0 fully saturated rings. The molecule has 5 nitrogen and oxygen atoms in total. The summed E-state index contributed by atoms with van der Waals surface area (Å²) in [6.45, 7) is 6.54. The van der Waals surface area contributed by atoms with Crippen molar-refractivity contribution in [1.82, 2.24) is 14.7 Å². The fraction of sp³-hybridized carbons (Fsp3) is 0.320. The van der Waals surface area contributed by atoms with Gasteiger partial charge in [0.15, 0.2) is 5.78 Å². The monoisotopic (exact) mass is 403 g/mol. The quantitative estimate of drug-likeness (QED) is 0.514. The van der Waals surface area contributed by atoms with Crippen LogP contribution in [0.15, 0.2) is 54.6 Å². The maximum absolute atomic E-state index is 12.6. The third-order valence-corrected chi connectivity index (χ3v) is 5.51. The molecule has 1 amide bonds. The van der Waals surface area contributed by atoms with E-state index in [1.165, 1.54) is 5.56 Å². The SMILES string of the molecule is CCc1ccc(C(=O)CCC(=O)N(C)Cc2c(C)nn(-c3ccccc3)c2C)cc1. The summed E-state index contributed by atoms with van der Waals surface area (Å²) in [5.74, 6) is -0.0385. The zero-order valence-electron chi connectivity index (χ0n) is 18.2. The molecular weight excluding hydrogens is 374 g/mol. The van der Waals surface area contributed by atoms with E-state index in [1.54, 1.807) is 11.9 Å². The van der Waals surface area contributed by atoms with Gasteiger partial charge < -0.3 is 4.90 Å². The molecule has 0 aliphatic rings. The van der Waals surface area contributed by atoms with Crippen LogP contribution in [0.3, 0.4) is 0 Å². The molecule has 0 spiro atoms. The Balaban J connectivity index is 1.61. The van der Waals surface area contributed by atoms with E-state index < -0.39 is 0 Å². The van der Waals surface area contributed by atoms with Crippen molar-refractivity contribution in [2.24, 2.45) is 0 Å². The normalized spacial score (nSPS) is 10.8. The number of amides is 1. The van der Waals surface area contributed by atoms with Gasteiger partial charge in [0.1, 0.15) is 0 Å².